The number of pyridine rings is 2. The second-order valence-electron chi connectivity index (χ2n) is 2.16. The maximum Gasteiger partial charge on any atom is 0.142 e. The van der Waals surface area contributed by atoms with E-state index in [9.17, 15) is 4.39 Å². The lowest BCUT2D eigenvalue weighted by Gasteiger charge is -1.92. The number of fused-ring (bicyclic) bond motifs is 1. The van der Waals surface area contributed by atoms with Crippen molar-refractivity contribution in [1.29, 1.82) is 0 Å². The quantitative estimate of drug-likeness (QED) is 0.565. The van der Waals surface area contributed by atoms with Crippen LogP contribution >= 0.6 is 0 Å². The molecule has 0 unspecified atom stereocenters. The molecule has 2 rings (SSSR count). The minimum absolute atomic E-state index is 0.342. The average Bonchev–Trinajstić information content (AvgIpc) is 2.04. The van der Waals surface area contributed by atoms with E-state index in [0.717, 1.165) is 0 Å². The predicted octanol–water partition coefficient (Wildman–Crippen LogP) is 1.57. The van der Waals surface area contributed by atoms with Crippen LogP contribution in [0.25, 0.3) is 10.9 Å². The van der Waals surface area contributed by atoms with E-state index in [1.807, 2.05) is 0 Å². The normalized spacial score (nSPS) is 10.3. The molecule has 0 saturated carbocycles. The van der Waals surface area contributed by atoms with Crippen molar-refractivity contribution in [3.8, 4) is 0 Å². The van der Waals surface area contributed by atoms with Crippen LogP contribution in [-0.2, 0) is 0 Å². The maximum atomic E-state index is 12.5. The average molecular weight is 147 g/mol. The van der Waals surface area contributed by atoms with E-state index < -0.39 is 0 Å². The smallest absolute Gasteiger partial charge is 0.142 e. The van der Waals surface area contributed by atoms with Crippen molar-refractivity contribution in [3.63, 3.8) is 0 Å². The molecule has 0 aliphatic heterocycles. The fourth-order valence-electron chi connectivity index (χ4n) is 0.895. The predicted molar refractivity (Wildman–Crippen MR) is 38.3 cm³/mol. The maximum absolute atomic E-state index is 12.5. The van der Waals surface area contributed by atoms with Crippen molar-refractivity contribution in [2.45, 2.75) is 0 Å². The number of nitrogens with zero attached hydrogens (tertiary/aromatic N) is 2. The number of aromatic nitrogens is 2. The second kappa shape index (κ2) is 2.27. The number of rotatable bonds is 0. The molecule has 0 aliphatic rings. The largest absolute Gasteiger partial charge is 0.254 e. The van der Waals surface area contributed by atoms with Gasteiger partial charge in [-0.05, 0) is 12.1 Å². The monoisotopic (exact) mass is 147 g/mol. The van der Waals surface area contributed by atoms with E-state index in [4.69, 9.17) is 0 Å². The van der Waals surface area contributed by atoms with Crippen LogP contribution in [0.5, 0.6) is 0 Å². The topological polar surface area (TPSA) is 25.8 Å². The van der Waals surface area contributed by atoms with E-state index in [0.29, 0.717) is 10.9 Å². The van der Waals surface area contributed by atoms with Gasteiger partial charge in [-0.1, -0.05) is 0 Å². The summed E-state index contributed by atoms with van der Waals surface area (Å²) in [6.07, 6.45) is 5.33. The molecule has 1 radical (unpaired) electrons. The molecule has 0 aliphatic carbocycles. The van der Waals surface area contributed by atoms with E-state index in [1.165, 1.54) is 18.5 Å². The molecule has 53 valence electrons. The molecule has 3 heteroatoms. The molecule has 2 aromatic rings. The van der Waals surface area contributed by atoms with Gasteiger partial charge in [-0.25, -0.2) is 4.39 Å². The minimum Gasteiger partial charge on any atom is -0.254 e. The lowest BCUT2D eigenvalue weighted by molar-refractivity contribution is 0.624. The van der Waals surface area contributed by atoms with Crippen LogP contribution in [0.3, 0.4) is 0 Å². The van der Waals surface area contributed by atoms with Gasteiger partial charge in [0, 0.05) is 11.6 Å². The molecular weight excluding hydrogens is 143 g/mol. The third-order valence-corrected chi connectivity index (χ3v) is 1.40. The van der Waals surface area contributed by atoms with Crippen molar-refractivity contribution in [2.75, 3.05) is 0 Å². The zero-order chi connectivity index (χ0) is 7.68. The molecule has 2 nitrogen and oxygen atoms in total. The molecule has 0 N–H and O–H groups in total. The van der Waals surface area contributed by atoms with Gasteiger partial charge in [0.15, 0.2) is 0 Å². The van der Waals surface area contributed by atoms with Crippen molar-refractivity contribution >= 4 is 10.9 Å². The minimum atomic E-state index is -0.342. The summed E-state index contributed by atoms with van der Waals surface area (Å²) < 4.78 is 12.5. The van der Waals surface area contributed by atoms with Crippen molar-refractivity contribution < 1.29 is 4.39 Å². The summed E-state index contributed by atoms with van der Waals surface area (Å²) in [7, 11) is 0. The van der Waals surface area contributed by atoms with Crippen molar-refractivity contribution in [1.82, 2.24) is 9.97 Å². The Morgan fingerprint density at radius 2 is 2.27 bits per heavy atom. The zero-order valence-electron chi connectivity index (χ0n) is 5.58. The fourth-order valence-corrected chi connectivity index (χ4v) is 0.895. The summed E-state index contributed by atoms with van der Waals surface area (Å²) in [5.41, 5.74) is 0.710. The highest BCUT2D eigenvalue weighted by atomic mass is 19.1. The number of halogens is 1. The zero-order valence-corrected chi connectivity index (χ0v) is 5.58. The molecule has 0 spiro atoms. The molecule has 0 fully saturated rings. The molecule has 0 bridgehead atoms. The molecule has 11 heavy (non-hydrogen) atoms. The molecule has 0 aromatic carbocycles. The second-order valence-corrected chi connectivity index (χ2v) is 2.16. The van der Waals surface area contributed by atoms with Gasteiger partial charge in [-0.15, -0.1) is 0 Å². The van der Waals surface area contributed by atoms with Gasteiger partial charge >= 0.3 is 0 Å². The SMILES string of the molecule is Fc1cnc2c[c]ncc2c1. The lowest BCUT2D eigenvalue weighted by Crippen LogP contribution is -1.81. The van der Waals surface area contributed by atoms with E-state index in [-0.39, 0.29) is 5.82 Å². The Labute approximate surface area is 62.7 Å². The van der Waals surface area contributed by atoms with Gasteiger partial charge < -0.3 is 0 Å². The molecule has 0 atom stereocenters. The van der Waals surface area contributed by atoms with Gasteiger partial charge in [0.25, 0.3) is 0 Å². The van der Waals surface area contributed by atoms with Crippen LogP contribution in [0.2, 0.25) is 0 Å². The molecule has 0 amide bonds. The highest BCUT2D eigenvalue weighted by Gasteiger charge is 1.94. The van der Waals surface area contributed by atoms with Crippen LogP contribution in [0, 0.1) is 12.0 Å². The first-order chi connectivity index (χ1) is 5.36. The first-order valence-corrected chi connectivity index (χ1v) is 3.13. The molecule has 2 heterocycles. The summed E-state index contributed by atoms with van der Waals surface area (Å²) in [5.74, 6) is -0.342. The molecule has 2 aromatic heterocycles. The third-order valence-electron chi connectivity index (χ3n) is 1.40. The Kier molecular flexibility index (Phi) is 1.28. The standard InChI is InChI=1S/C8H4FN2/c9-7-3-6-4-10-2-1-8(6)11-5-7/h1,3-5H. The Bertz CT molecular complexity index is 387. The van der Waals surface area contributed by atoms with Gasteiger partial charge in [-0.3, -0.25) is 9.97 Å². The Hall–Kier alpha value is -1.51. The molecule has 0 saturated heterocycles. The van der Waals surface area contributed by atoms with Crippen LogP contribution in [0.15, 0.2) is 24.5 Å². The van der Waals surface area contributed by atoms with Gasteiger partial charge in [0.2, 0.25) is 0 Å². The Morgan fingerprint density at radius 3 is 3.18 bits per heavy atom. The number of hydrogen-bond donors (Lipinski definition) is 0. The van der Waals surface area contributed by atoms with Crippen LogP contribution in [-0.4, -0.2) is 9.97 Å². The first kappa shape index (κ1) is 6.22. The van der Waals surface area contributed by atoms with Crippen LogP contribution < -0.4 is 0 Å². The number of hydrogen-bond acceptors (Lipinski definition) is 2. The fraction of sp³-hybridized carbons (Fsp3) is 0. The summed E-state index contributed by atoms with van der Waals surface area (Å²) >= 11 is 0. The van der Waals surface area contributed by atoms with Crippen LogP contribution in [0.1, 0.15) is 0 Å². The lowest BCUT2D eigenvalue weighted by atomic mass is 10.3. The van der Waals surface area contributed by atoms with Crippen molar-refractivity contribution in [3.05, 3.63) is 36.5 Å². The van der Waals surface area contributed by atoms with Gasteiger partial charge in [0.05, 0.1) is 17.9 Å². The summed E-state index contributed by atoms with van der Waals surface area (Å²) in [6.45, 7) is 0. The summed E-state index contributed by atoms with van der Waals surface area (Å²) in [4.78, 5) is 7.56. The third kappa shape index (κ3) is 1.05. The van der Waals surface area contributed by atoms with E-state index >= 15 is 0 Å². The van der Waals surface area contributed by atoms with E-state index in [2.05, 4.69) is 16.2 Å². The van der Waals surface area contributed by atoms with Gasteiger partial charge in [0.1, 0.15) is 5.82 Å². The Balaban J connectivity index is 2.83. The van der Waals surface area contributed by atoms with Gasteiger partial charge in [-0.2, -0.15) is 0 Å². The first-order valence-electron chi connectivity index (χ1n) is 3.13. The summed E-state index contributed by atoms with van der Waals surface area (Å²) in [6, 6.07) is 3.01. The van der Waals surface area contributed by atoms with Crippen LogP contribution in [0.4, 0.5) is 4.39 Å². The van der Waals surface area contributed by atoms with E-state index in [1.54, 1.807) is 6.07 Å². The van der Waals surface area contributed by atoms with Crippen molar-refractivity contribution in [2.24, 2.45) is 0 Å². The Morgan fingerprint density at radius 1 is 1.36 bits per heavy atom. The highest BCUT2D eigenvalue weighted by molar-refractivity contribution is 5.76. The highest BCUT2D eigenvalue weighted by Crippen LogP contribution is 2.08. The molecular formula is C8H4FN2. The summed E-state index contributed by atoms with van der Waals surface area (Å²) in [5, 5.41) is 0.698.